The van der Waals surface area contributed by atoms with Crippen LogP contribution in [0, 0.1) is 0 Å². The van der Waals surface area contributed by atoms with Gasteiger partial charge in [-0.1, -0.05) is 0 Å². The number of nitrogens with one attached hydrogen (secondary N) is 1. The molecule has 5 heteroatoms. The highest BCUT2D eigenvalue weighted by Gasteiger charge is 2.11. The molecule has 0 bridgehead atoms. The Morgan fingerprint density at radius 3 is 2.05 bits per heavy atom. The SMILES string of the molecule is CNCCc1cc(OC)c(CCOCOC)cc1OC. The normalized spacial score (nSPS) is 10.6. The summed E-state index contributed by atoms with van der Waals surface area (Å²) in [6, 6.07) is 4.07. The first-order valence-electron chi connectivity index (χ1n) is 6.71. The highest BCUT2D eigenvalue weighted by atomic mass is 16.7. The van der Waals surface area contributed by atoms with Crippen LogP contribution in [-0.4, -0.2) is 48.3 Å². The summed E-state index contributed by atoms with van der Waals surface area (Å²) in [6.45, 7) is 1.79. The molecule has 1 aromatic carbocycles. The van der Waals surface area contributed by atoms with Crippen molar-refractivity contribution in [1.29, 1.82) is 0 Å². The molecule has 0 spiro atoms. The van der Waals surface area contributed by atoms with Gasteiger partial charge in [0.1, 0.15) is 18.3 Å². The van der Waals surface area contributed by atoms with E-state index in [1.165, 1.54) is 0 Å². The van der Waals surface area contributed by atoms with E-state index in [1.807, 2.05) is 19.2 Å². The minimum absolute atomic E-state index is 0.305. The third kappa shape index (κ3) is 5.00. The zero-order valence-corrected chi connectivity index (χ0v) is 12.8. The number of ether oxygens (including phenoxy) is 4. The first kappa shape index (κ1) is 16.8. The molecular formula is C15H25NO4. The minimum Gasteiger partial charge on any atom is -0.496 e. The van der Waals surface area contributed by atoms with Crippen LogP contribution >= 0.6 is 0 Å². The van der Waals surface area contributed by atoms with Crippen molar-refractivity contribution < 1.29 is 18.9 Å². The zero-order valence-electron chi connectivity index (χ0n) is 12.8. The zero-order chi connectivity index (χ0) is 14.8. The maximum absolute atomic E-state index is 5.46. The van der Waals surface area contributed by atoms with Gasteiger partial charge in [0, 0.05) is 12.7 Å². The maximum atomic E-state index is 5.46. The molecule has 0 aliphatic rings. The monoisotopic (exact) mass is 283 g/mol. The van der Waals surface area contributed by atoms with E-state index in [4.69, 9.17) is 18.9 Å². The fraction of sp³-hybridized carbons (Fsp3) is 0.600. The average Bonchev–Trinajstić information content (AvgIpc) is 2.49. The van der Waals surface area contributed by atoms with Crippen molar-refractivity contribution in [2.24, 2.45) is 0 Å². The molecule has 0 radical (unpaired) electrons. The van der Waals surface area contributed by atoms with Crippen LogP contribution in [0.5, 0.6) is 11.5 Å². The average molecular weight is 283 g/mol. The van der Waals surface area contributed by atoms with Crippen LogP contribution in [0.15, 0.2) is 12.1 Å². The van der Waals surface area contributed by atoms with Gasteiger partial charge in [0.2, 0.25) is 0 Å². The third-order valence-electron chi connectivity index (χ3n) is 3.04. The largest absolute Gasteiger partial charge is 0.496 e. The van der Waals surface area contributed by atoms with Crippen LogP contribution < -0.4 is 14.8 Å². The summed E-state index contributed by atoms with van der Waals surface area (Å²) < 4.78 is 21.1. The van der Waals surface area contributed by atoms with E-state index in [2.05, 4.69) is 5.32 Å². The topological polar surface area (TPSA) is 49.0 Å². The van der Waals surface area contributed by atoms with Gasteiger partial charge in [-0.2, -0.15) is 0 Å². The van der Waals surface area contributed by atoms with Crippen molar-refractivity contribution in [3.8, 4) is 11.5 Å². The Balaban J connectivity index is 2.82. The summed E-state index contributed by atoms with van der Waals surface area (Å²) in [5.41, 5.74) is 2.22. The van der Waals surface area contributed by atoms with Crippen LogP contribution in [0.25, 0.3) is 0 Å². The van der Waals surface area contributed by atoms with E-state index in [0.717, 1.165) is 42.0 Å². The van der Waals surface area contributed by atoms with E-state index in [0.29, 0.717) is 13.4 Å². The van der Waals surface area contributed by atoms with E-state index < -0.39 is 0 Å². The molecule has 0 saturated carbocycles. The summed E-state index contributed by atoms with van der Waals surface area (Å²) in [6.07, 6.45) is 1.66. The number of likely N-dealkylation sites (N-methyl/N-ethyl adjacent to an activating group) is 1. The first-order chi connectivity index (χ1) is 9.76. The van der Waals surface area contributed by atoms with Gasteiger partial charge in [-0.25, -0.2) is 0 Å². The molecule has 0 heterocycles. The van der Waals surface area contributed by atoms with Gasteiger partial charge in [0.25, 0.3) is 0 Å². The Kier molecular flexibility index (Phi) is 8.02. The van der Waals surface area contributed by atoms with Gasteiger partial charge in [0.05, 0.1) is 20.8 Å². The Morgan fingerprint density at radius 2 is 1.55 bits per heavy atom. The van der Waals surface area contributed by atoms with Crippen LogP contribution in [0.4, 0.5) is 0 Å². The summed E-state index contributed by atoms with van der Waals surface area (Å²) in [7, 11) is 6.92. The van der Waals surface area contributed by atoms with Crippen LogP contribution in [0.2, 0.25) is 0 Å². The third-order valence-corrected chi connectivity index (χ3v) is 3.04. The number of hydrogen-bond donors (Lipinski definition) is 1. The highest BCUT2D eigenvalue weighted by molar-refractivity contribution is 5.46. The Morgan fingerprint density at radius 1 is 0.950 bits per heavy atom. The summed E-state index contributed by atoms with van der Waals surface area (Å²) in [5.74, 6) is 1.76. The molecule has 0 unspecified atom stereocenters. The Hall–Kier alpha value is -1.30. The first-order valence-corrected chi connectivity index (χ1v) is 6.71. The molecule has 0 atom stereocenters. The predicted octanol–water partition coefficient (Wildman–Crippen LogP) is 1.63. The second-order valence-electron chi connectivity index (χ2n) is 4.39. The van der Waals surface area contributed by atoms with Crippen LogP contribution in [0.1, 0.15) is 11.1 Å². The van der Waals surface area contributed by atoms with Gasteiger partial charge in [-0.15, -0.1) is 0 Å². The Bertz CT molecular complexity index is 396. The molecule has 1 aromatic rings. The van der Waals surface area contributed by atoms with Crippen LogP contribution in [0.3, 0.4) is 0 Å². The lowest BCUT2D eigenvalue weighted by atomic mass is 10.0. The smallest absolute Gasteiger partial charge is 0.146 e. The van der Waals surface area contributed by atoms with Crippen molar-refractivity contribution in [3.05, 3.63) is 23.3 Å². The predicted molar refractivity (Wildman–Crippen MR) is 78.7 cm³/mol. The minimum atomic E-state index is 0.305. The molecule has 1 rings (SSSR count). The number of rotatable bonds is 10. The molecule has 114 valence electrons. The molecule has 0 aliphatic carbocycles. The molecule has 0 saturated heterocycles. The highest BCUT2D eigenvalue weighted by Crippen LogP contribution is 2.29. The molecular weight excluding hydrogens is 258 g/mol. The number of hydrogen-bond acceptors (Lipinski definition) is 5. The van der Waals surface area contributed by atoms with Gasteiger partial charge in [-0.05, 0) is 44.1 Å². The second kappa shape index (κ2) is 9.58. The summed E-state index contributed by atoms with van der Waals surface area (Å²) >= 11 is 0. The second-order valence-corrected chi connectivity index (χ2v) is 4.39. The standard InChI is InChI=1S/C15H25NO4/c1-16-7-5-12-9-15(19-4)13(10-14(12)18-3)6-8-20-11-17-2/h9-10,16H,5-8,11H2,1-4H3. The fourth-order valence-electron chi connectivity index (χ4n) is 2.00. The lowest BCUT2D eigenvalue weighted by molar-refractivity contribution is -0.0292. The van der Waals surface area contributed by atoms with E-state index >= 15 is 0 Å². The van der Waals surface area contributed by atoms with E-state index in [1.54, 1.807) is 21.3 Å². The van der Waals surface area contributed by atoms with Crippen molar-refractivity contribution in [2.45, 2.75) is 12.8 Å². The lowest BCUT2D eigenvalue weighted by Gasteiger charge is -2.15. The molecule has 5 nitrogen and oxygen atoms in total. The molecule has 20 heavy (non-hydrogen) atoms. The van der Waals surface area contributed by atoms with Gasteiger partial charge in [0.15, 0.2) is 0 Å². The number of benzene rings is 1. The quantitative estimate of drug-likeness (QED) is 0.522. The van der Waals surface area contributed by atoms with Gasteiger partial charge in [-0.3, -0.25) is 0 Å². The van der Waals surface area contributed by atoms with Crippen molar-refractivity contribution in [1.82, 2.24) is 5.32 Å². The van der Waals surface area contributed by atoms with Crippen LogP contribution in [-0.2, 0) is 22.3 Å². The molecule has 0 aliphatic heterocycles. The van der Waals surface area contributed by atoms with Crippen molar-refractivity contribution >= 4 is 0 Å². The maximum Gasteiger partial charge on any atom is 0.146 e. The van der Waals surface area contributed by atoms with Crippen molar-refractivity contribution in [2.75, 3.05) is 48.3 Å². The molecule has 0 amide bonds. The molecule has 1 N–H and O–H groups in total. The number of methoxy groups -OCH3 is 3. The Labute approximate surface area is 121 Å². The van der Waals surface area contributed by atoms with Crippen molar-refractivity contribution in [3.63, 3.8) is 0 Å². The molecule has 0 fully saturated rings. The van der Waals surface area contributed by atoms with E-state index in [9.17, 15) is 0 Å². The lowest BCUT2D eigenvalue weighted by Crippen LogP contribution is -2.11. The summed E-state index contributed by atoms with van der Waals surface area (Å²) in [4.78, 5) is 0. The van der Waals surface area contributed by atoms with Gasteiger partial charge >= 0.3 is 0 Å². The molecule has 0 aromatic heterocycles. The van der Waals surface area contributed by atoms with Gasteiger partial charge < -0.3 is 24.3 Å². The summed E-state index contributed by atoms with van der Waals surface area (Å²) in [5, 5.41) is 3.14. The fourth-order valence-corrected chi connectivity index (χ4v) is 2.00. The van der Waals surface area contributed by atoms with E-state index in [-0.39, 0.29) is 0 Å².